The van der Waals surface area contributed by atoms with Crippen molar-refractivity contribution in [3.8, 4) is 17.1 Å². The van der Waals surface area contributed by atoms with Gasteiger partial charge in [-0.3, -0.25) is 4.79 Å². The molecular weight excluding hydrogens is 476 g/mol. The summed E-state index contributed by atoms with van der Waals surface area (Å²) < 4.78 is 34.9. The van der Waals surface area contributed by atoms with E-state index in [9.17, 15) is 13.2 Å². The molecule has 8 nitrogen and oxygen atoms in total. The molecule has 0 radical (unpaired) electrons. The molecule has 4 aromatic rings. The largest absolute Gasteiger partial charge is 0.475 e. The number of aromatic nitrogens is 2. The normalized spacial score (nSPS) is 16.8. The van der Waals surface area contributed by atoms with Gasteiger partial charge in [0.05, 0.1) is 16.6 Å². The third-order valence-electron chi connectivity index (χ3n) is 5.98. The number of anilines is 1. The van der Waals surface area contributed by atoms with Crippen LogP contribution in [0.15, 0.2) is 83.8 Å². The summed E-state index contributed by atoms with van der Waals surface area (Å²) in [4.78, 5) is 21.8. The Hall–Kier alpha value is -4.24. The Morgan fingerprint density at radius 3 is 2.36 bits per heavy atom. The van der Waals surface area contributed by atoms with Crippen molar-refractivity contribution in [3.05, 3.63) is 101 Å². The van der Waals surface area contributed by atoms with Crippen molar-refractivity contribution in [1.29, 1.82) is 0 Å². The molecular formula is C27H24N4O4S. The molecule has 1 amide bonds. The number of nitrogens with zero attached hydrogens (tertiary/aromatic N) is 2. The van der Waals surface area contributed by atoms with Crippen molar-refractivity contribution in [2.75, 3.05) is 11.3 Å². The van der Waals surface area contributed by atoms with Crippen LogP contribution in [-0.4, -0.2) is 30.9 Å². The molecule has 5 rings (SSSR count). The second-order valence-corrected chi connectivity index (χ2v) is 10.2. The Bertz CT molecular complexity index is 1540. The summed E-state index contributed by atoms with van der Waals surface area (Å²) in [6.07, 6.45) is 0. The molecule has 0 fully saturated rings. The van der Waals surface area contributed by atoms with E-state index >= 15 is 0 Å². The van der Waals surface area contributed by atoms with Gasteiger partial charge >= 0.3 is 0 Å². The van der Waals surface area contributed by atoms with Gasteiger partial charge in [-0.05, 0) is 48.7 Å². The third-order valence-corrected chi connectivity index (χ3v) is 7.30. The number of ether oxygens (including phenoxy) is 1. The number of sulfonamides is 1. The van der Waals surface area contributed by atoms with Crippen molar-refractivity contribution in [2.24, 2.45) is 0 Å². The van der Waals surface area contributed by atoms with E-state index in [0.717, 1.165) is 22.3 Å². The molecule has 182 valence electrons. The highest BCUT2D eigenvalue weighted by atomic mass is 32.2. The Balaban J connectivity index is 1.66. The van der Waals surface area contributed by atoms with Gasteiger partial charge in [-0.25, -0.2) is 18.1 Å². The van der Waals surface area contributed by atoms with Gasteiger partial charge < -0.3 is 10.1 Å². The van der Waals surface area contributed by atoms with E-state index in [1.54, 1.807) is 12.1 Å². The van der Waals surface area contributed by atoms with E-state index in [2.05, 4.69) is 20.0 Å². The third kappa shape index (κ3) is 4.78. The molecule has 1 aliphatic heterocycles. The number of aryl methyl sites for hydroxylation is 2. The zero-order chi connectivity index (χ0) is 25.3. The monoisotopic (exact) mass is 500 g/mol. The number of benzene rings is 3. The first-order valence-corrected chi connectivity index (χ1v) is 12.9. The molecule has 36 heavy (non-hydrogen) atoms. The number of amides is 1. The molecule has 1 aliphatic rings. The molecule has 0 unspecified atom stereocenters. The number of carbonyl (C=O) groups is 1. The zero-order valence-electron chi connectivity index (χ0n) is 19.7. The quantitative estimate of drug-likeness (QED) is 0.422. The van der Waals surface area contributed by atoms with Gasteiger partial charge in [-0.15, -0.1) is 0 Å². The summed E-state index contributed by atoms with van der Waals surface area (Å²) in [5.41, 5.74) is 4.40. The molecule has 2 N–H and O–H groups in total. The van der Waals surface area contributed by atoms with Crippen LogP contribution in [-0.2, 0) is 10.0 Å². The number of hydrogen-bond acceptors (Lipinski definition) is 6. The summed E-state index contributed by atoms with van der Waals surface area (Å²) in [6.45, 7) is 4.00. The number of fused-ring (bicyclic) bond motifs is 4. The maximum Gasteiger partial charge on any atom is 0.264 e. The lowest BCUT2D eigenvalue weighted by molar-refractivity contribution is 0.0920. The van der Waals surface area contributed by atoms with E-state index in [1.165, 1.54) is 18.2 Å². The fourth-order valence-corrected chi connectivity index (χ4v) is 5.18. The standard InChI is InChI=1S/C27H24N4O4S/c1-17-8-6-9-18(2)25(17)22-15-24-30-27(29-22)31-36(33,34)21-13-7-12-20(14-21)26(32)28-23(16-35-24)19-10-4-3-5-11-19/h3-15,23H,16H2,1-2H3,(H,28,32)(H,29,30,31)/t23-/m0/s1. The van der Waals surface area contributed by atoms with Crippen molar-refractivity contribution >= 4 is 21.9 Å². The van der Waals surface area contributed by atoms with Crippen LogP contribution in [0.2, 0.25) is 0 Å². The average molecular weight is 501 g/mol. The summed E-state index contributed by atoms with van der Waals surface area (Å²) in [5.74, 6) is -0.357. The highest BCUT2D eigenvalue weighted by Gasteiger charge is 2.23. The van der Waals surface area contributed by atoms with Crippen LogP contribution in [0.5, 0.6) is 5.88 Å². The molecule has 1 aromatic heterocycles. The molecule has 1 atom stereocenters. The lowest BCUT2D eigenvalue weighted by Crippen LogP contribution is -2.32. The Labute approximate surface area is 209 Å². The van der Waals surface area contributed by atoms with Crippen molar-refractivity contribution < 1.29 is 17.9 Å². The Morgan fingerprint density at radius 1 is 0.889 bits per heavy atom. The molecule has 0 saturated carbocycles. The summed E-state index contributed by atoms with van der Waals surface area (Å²) in [6, 6.07) is 22.3. The highest BCUT2D eigenvalue weighted by Crippen LogP contribution is 2.30. The smallest absolute Gasteiger partial charge is 0.264 e. The number of hydrogen-bond donors (Lipinski definition) is 2. The topological polar surface area (TPSA) is 110 Å². The fourth-order valence-electron chi connectivity index (χ4n) is 4.19. The number of rotatable bonds is 2. The van der Waals surface area contributed by atoms with Gasteiger partial charge in [0.2, 0.25) is 11.8 Å². The van der Waals surface area contributed by atoms with Crippen LogP contribution < -0.4 is 14.8 Å². The second-order valence-electron chi connectivity index (χ2n) is 8.56. The number of carbonyl (C=O) groups excluding carboxylic acids is 1. The minimum atomic E-state index is -4.08. The van der Waals surface area contributed by atoms with Gasteiger partial charge in [0, 0.05) is 17.2 Å². The minimum Gasteiger partial charge on any atom is -0.475 e. The van der Waals surface area contributed by atoms with Crippen molar-refractivity contribution in [2.45, 2.75) is 24.8 Å². The van der Waals surface area contributed by atoms with Crippen LogP contribution in [0.3, 0.4) is 0 Å². The van der Waals surface area contributed by atoms with Gasteiger partial charge in [0.15, 0.2) is 0 Å². The van der Waals surface area contributed by atoms with Crippen molar-refractivity contribution in [3.63, 3.8) is 0 Å². The van der Waals surface area contributed by atoms with Gasteiger partial charge in [-0.1, -0.05) is 54.6 Å². The molecule has 3 aromatic carbocycles. The maximum atomic E-state index is 13.2. The predicted octanol–water partition coefficient (Wildman–Crippen LogP) is 4.42. The first-order chi connectivity index (χ1) is 17.3. The van der Waals surface area contributed by atoms with E-state index < -0.39 is 22.0 Å². The Kier molecular flexibility index (Phi) is 6.15. The maximum absolute atomic E-state index is 13.2. The minimum absolute atomic E-state index is 0.0742. The molecule has 2 heterocycles. The summed E-state index contributed by atoms with van der Waals surface area (Å²) in [7, 11) is -4.08. The van der Waals surface area contributed by atoms with Gasteiger partial charge in [0.1, 0.15) is 6.61 Å². The molecule has 0 aliphatic carbocycles. The molecule has 0 saturated heterocycles. The van der Waals surface area contributed by atoms with Crippen LogP contribution >= 0.6 is 0 Å². The molecule has 9 heteroatoms. The Morgan fingerprint density at radius 2 is 1.61 bits per heavy atom. The molecule has 4 bridgehead atoms. The van der Waals surface area contributed by atoms with Crippen LogP contribution in [0, 0.1) is 13.8 Å². The first kappa shape index (κ1) is 23.5. The SMILES string of the molecule is Cc1cccc(C)c1-c1cc2nc(n1)NS(=O)(=O)c1cccc(c1)C(=O)N[C@H](c1ccccc1)CO2. The average Bonchev–Trinajstić information content (AvgIpc) is 2.86. The molecule has 0 spiro atoms. The lowest BCUT2D eigenvalue weighted by Gasteiger charge is -2.20. The first-order valence-electron chi connectivity index (χ1n) is 11.4. The predicted molar refractivity (Wildman–Crippen MR) is 136 cm³/mol. The second kappa shape index (κ2) is 9.43. The zero-order valence-corrected chi connectivity index (χ0v) is 20.5. The number of nitrogens with one attached hydrogen (secondary N) is 2. The highest BCUT2D eigenvalue weighted by molar-refractivity contribution is 7.92. The van der Waals surface area contributed by atoms with Crippen LogP contribution in [0.1, 0.15) is 33.1 Å². The van der Waals surface area contributed by atoms with Gasteiger partial charge in [-0.2, -0.15) is 4.98 Å². The lowest BCUT2D eigenvalue weighted by atomic mass is 10.00. The van der Waals surface area contributed by atoms with E-state index in [0.29, 0.717) is 5.69 Å². The van der Waals surface area contributed by atoms with Gasteiger partial charge in [0.25, 0.3) is 15.9 Å². The van der Waals surface area contributed by atoms with E-state index in [4.69, 9.17) is 4.74 Å². The van der Waals surface area contributed by atoms with E-state index in [1.807, 2.05) is 62.4 Å². The summed E-state index contributed by atoms with van der Waals surface area (Å²) in [5, 5.41) is 2.96. The van der Waals surface area contributed by atoms with Crippen molar-refractivity contribution in [1.82, 2.24) is 15.3 Å². The van der Waals surface area contributed by atoms with E-state index in [-0.39, 0.29) is 28.9 Å². The van der Waals surface area contributed by atoms with Crippen LogP contribution in [0.25, 0.3) is 11.3 Å². The fraction of sp³-hybridized carbons (Fsp3) is 0.148. The summed E-state index contributed by atoms with van der Waals surface area (Å²) >= 11 is 0. The van der Waals surface area contributed by atoms with Crippen LogP contribution in [0.4, 0.5) is 5.95 Å².